The maximum Gasteiger partial charge on any atom is 0.272 e. The van der Waals surface area contributed by atoms with Crippen LogP contribution in [-0.2, 0) is 6.42 Å². The number of hydrazine groups is 1. The van der Waals surface area contributed by atoms with Crippen LogP contribution in [0.1, 0.15) is 22.8 Å². The minimum absolute atomic E-state index is 0.103. The van der Waals surface area contributed by atoms with Crippen molar-refractivity contribution in [2.75, 3.05) is 11.2 Å². The number of nitrogens with one attached hydrogen (secondary N) is 2. The van der Waals surface area contributed by atoms with Crippen molar-refractivity contribution in [2.45, 2.75) is 13.3 Å². The van der Waals surface area contributed by atoms with E-state index in [2.05, 4.69) is 27.7 Å². The average molecular weight is 367 g/mol. The first-order chi connectivity index (χ1) is 13.1. The summed E-state index contributed by atoms with van der Waals surface area (Å²) in [6.45, 7) is 2.06. The minimum Gasteiger partial charge on any atom is -0.437 e. The second kappa shape index (κ2) is 8.13. The lowest BCUT2D eigenvalue weighted by Gasteiger charge is -2.12. The van der Waals surface area contributed by atoms with Crippen molar-refractivity contribution in [1.82, 2.24) is 15.4 Å². The smallest absolute Gasteiger partial charge is 0.272 e. The molecule has 3 aromatic rings. The summed E-state index contributed by atoms with van der Waals surface area (Å²) in [6.07, 6.45) is 2.16. The van der Waals surface area contributed by atoms with Gasteiger partial charge in [0.15, 0.2) is 5.82 Å². The Morgan fingerprint density at radius 3 is 2.59 bits per heavy atom. The second-order valence-electron chi connectivity index (χ2n) is 5.60. The van der Waals surface area contributed by atoms with Gasteiger partial charge >= 0.3 is 0 Å². The molecular weight excluding hydrogens is 349 g/mol. The molecule has 0 aliphatic heterocycles. The van der Waals surface area contributed by atoms with E-state index in [9.17, 15) is 9.18 Å². The number of nitrogens with zero attached hydrogens (tertiary/aromatic N) is 2. The van der Waals surface area contributed by atoms with Gasteiger partial charge in [0.05, 0.1) is 5.56 Å². The maximum atomic E-state index is 13.6. The molecule has 0 spiro atoms. The van der Waals surface area contributed by atoms with Crippen LogP contribution in [0, 0.1) is 5.82 Å². The van der Waals surface area contributed by atoms with Gasteiger partial charge in [-0.05, 0) is 36.2 Å². The van der Waals surface area contributed by atoms with E-state index in [0.29, 0.717) is 5.75 Å². The van der Waals surface area contributed by atoms with Gasteiger partial charge in [-0.3, -0.25) is 15.6 Å². The van der Waals surface area contributed by atoms with E-state index >= 15 is 0 Å². The lowest BCUT2D eigenvalue weighted by atomic mass is 10.2. The summed E-state index contributed by atoms with van der Waals surface area (Å²) in [6, 6.07) is 13.1. The fourth-order valence-corrected chi connectivity index (χ4v) is 2.29. The van der Waals surface area contributed by atoms with Crippen LogP contribution in [0.4, 0.5) is 15.9 Å². The van der Waals surface area contributed by atoms with Gasteiger partial charge in [-0.25, -0.2) is 9.37 Å². The fourth-order valence-electron chi connectivity index (χ4n) is 2.29. The van der Waals surface area contributed by atoms with Crippen molar-refractivity contribution in [1.29, 1.82) is 0 Å². The van der Waals surface area contributed by atoms with Gasteiger partial charge in [-0.2, -0.15) is 4.98 Å². The van der Waals surface area contributed by atoms with Crippen molar-refractivity contribution in [3.8, 4) is 11.6 Å². The van der Waals surface area contributed by atoms with Gasteiger partial charge in [0, 0.05) is 0 Å². The van der Waals surface area contributed by atoms with Crippen LogP contribution in [0.25, 0.3) is 0 Å². The van der Waals surface area contributed by atoms with Gasteiger partial charge < -0.3 is 10.5 Å². The lowest BCUT2D eigenvalue weighted by Crippen LogP contribution is -2.31. The third-order valence-electron chi connectivity index (χ3n) is 3.81. The molecule has 2 aromatic carbocycles. The van der Waals surface area contributed by atoms with Crippen molar-refractivity contribution in [3.05, 3.63) is 71.8 Å². The predicted octanol–water partition coefficient (Wildman–Crippen LogP) is 3.31. The highest BCUT2D eigenvalue weighted by molar-refractivity contribution is 5.95. The quantitative estimate of drug-likeness (QED) is 0.578. The average Bonchev–Trinajstić information content (AvgIpc) is 2.69. The number of amides is 1. The maximum absolute atomic E-state index is 13.6. The number of carbonyl (C=O) groups is 1. The number of hydrogen-bond acceptors (Lipinski definition) is 6. The number of halogens is 1. The lowest BCUT2D eigenvalue weighted by molar-refractivity contribution is 0.0958. The summed E-state index contributed by atoms with van der Waals surface area (Å²) in [5.74, 6) is -0.457. The van der Waals surface area contributed by atoms with E-state index in [1.165, 1.54) is 30.1 Å². The fraction of sp³-hybridized carbons (Fsp3) is 0.105. The molecule has 1 amide bonds. The molecule has 0 aliphatic rings. The highest BCUT2D eigenvalue weighted by Gasteiger charge is 2.14. The van der Waals surface area contributed by atoms with Crippen LogP contribution in [0.3, 0.4) is 0 Å². The van der Waals surface area contributed by atoms with Gasteiger partial charge in [0.2, 0.25) is 5.88 Å². The molecule has 1 aromatic heterocycles. The number of nitrogens with two attached hydrogens (primary N) is 1. The Labute approximate surface area is 155 Å². The molecule has 0 bridgehead atoms. The number of carbonyl (C=O) groups excluding carboxylic acids is 1. The molecule has 138 valence electrons. The highest BCUT2D eigenvalue weighted by Crippen LogP contribution is 2.29. The van der Waals surface area contributed by atoms with Gasteiger partial charge in [0.25, 0.3) is 5.91 Å². The van der Waals surface area contributed by atoms with E-state index in [-0.39, 0.29) is 22.9 Å². The van der Waals surface area contributed by atoms with Crippen molar-refractivity contribution in [2.24, 2.45) is 0 Å². The van der Waals surface area contributed by atoms with E-state index in [1.54, 1.807) is 6.07 Å². The number of benzene rings is 2. The minimum atomic E-state index is -0.663. The molecule has 0 saturated carbocycles. The zero-order chi connectivity index (χ0) is 19.2. The zero-order valence-electron chi connectivity index (χ0n) is 14.6. The van der Waals surface area contributed by atoms with Crippen molar-refractivity contribution < 1.29 is 13.9 Å². The standard InChI is InChI=1S/C19H18FN5O2/c1-2-12-7-9-13(10-8-12)27-19-16(21)17(22-11-23-19)24-25-18(26)14-5-3-4-6-15(14)20/h3-11H,2,21H2,1H3,(H,25,26)(H,22,23,24). The number of anilines is 2. The highest BCUT2D eigenvalue weighted by atomic mass is 19.1. The van der Waals surface area contributed by atoms with E-state index in [1.807, 2.05) is 24.3 Å². The third-order valence-corrected chi connectivity index (χ3v) is 3.81. The molecule has 0 atom stereocenters. The number of nitrogen functional groups attached to an aromatic ring is 1. The molecule has 4 N–H and O–H groups in total. The molecular formula is C19H18FN5O2. The Morgan fingerprint density at radius 1 is 1.15 bits per heavy atom. The summed E-state index contributed by atoms with van der Waals surface area (Å²) in [4.78, 5) is 20.0. The van der Waals surface area contributed by atoms with E-state index in [0.717, 1.165) is 6.42 Å². The number of aryl methyl sites for hydroxylation is 1. The topological polar surface area (TPSA) is 102 Å². The first-order valence-corrected chi connectivity index (χ1v) is 8.26. The number of hydrogen-bond donors (Lipinski definition) is 3. The Kier molecular flexibility index (Phi) is 5.46. The van der Waals surface area contributed by atoms with Gasteiger partial charge in [0.1, 0.15) is 23.6 Å². The molecule has 1 heterocycles. The normalized spacial score (nSPS) is 10.3. The molecule has 0 fully saturated rings. The summed E-state index contributed by atoms with van der Waals surface area (Å²) in [5.41, 5.74) is 12.1. The molecule has 3 rings (SSSR count). The monoisotopic (exact) mass is 367 g/mol. The van der Waals surface area contributed by atoms with Crippen LogP contribution < -0.4 is 21.3 Å². The van der Waals surface area contributed by atoms with Crippen LogP contribution in [0.15, 0.2) is 54.9 Å². The Morgan fingerprint density at radius 2 is 1.89 bits per heavy atom. The third kappa shape index (κ3) is 4.30. The summed E-state index contributed by atoms with van der Waals surface area (Å²) in [7, 11) is 0. The summed E-state index contributed by atoms with van der Waals surface area (Å²) in [5, 5.41) is 0. The molecule has 0 radical (unpaired) electrons. The van der Waals surface area contributed by atoms with Crippen LogP contribution >= 0.6 is 0 Å². The molecule has 27 heavy (non-hydrogen) atoms. The summed E-state index contributed by atoms with van der Waals surface area (Å²) < 4.78 is 19.3. The van der Waals surface area contributed by atoms with E-state index in [4.69, 9.17) is 10.5 Å². The zero-order valence-corrected chi connectivity index (χ0v) is 14.6. The Bertz CT molecular complexity index is 947. The number of aromatic nitrogens is 2. The van der Waals surface area contributed by atoms with Crippen LogP contribution in [0.5, 0.6) is 11.6 Å². The largest absolute Gasteiger partial charge is 0.437 e. The van der Waals surface area contributed by atoms with Gasteiger partial charge in [-0.15, -0.1) is 0 Å². The number of rotatable bonds is 6. The molecule has 0 aliphatic carbocycles. The van der Waals surface area contributed by atoms with Gasteiger partial charge in [-0.1, -0.05) is 31.2 Å². The van der Waals surface area contributed by atoms with E-state index < -0.39 is 11.7 Å². The Hall–Kier alpha value is -3.68. The molecule has 7 nitrogen and oxygen atoms in total. The Balaban J connectivity index is 1.71. The second-order valence-corrected chi connectivity index (χ2v) is 5.60. The predicted molar refractivity (Wildman–Crippen MR) is 99.8 cm³/mol. The van der Waals surface area contributed by atoms with Crippen molar-refractivity contribution >= 4 is 17.4 Å². The molecule has 0 saturated heterocycles. The van der Waals surface area contributed by atoms with Crippen LogP contribution in [-0.4, -0.2) is 15.9 Å². The first kappa shape index (κ1) is 18.1. The summed E-state index contributed by atoms with van der Waals surface area (Å²) >= 11 is 0. The molecule has 8 heteroatoms. The van der Waals surface area contributed by atoms with Crippen LogP contribution in [0.2, 0.25) is 0 Å². The number of ether oxygens (including phenoxy) is 1. The van der Waals surface area contributed by atoms with Crippen molar-refractivity contribution in [3.63, 3.8) is 0 Å². The first-order valence-electron chi connectivity index (χ1n) is 8.26. The SMILES string of the molecule is CCc1ccc(Oc2ncnc(NNC(=O)c3ccccc3F)c2N)cc1. The molecule has 0 unspecified atom stereocenters.